The van der Waals surface area contributed by atoms with Crippen molar-refractivity contribution in [3.63, 3.8) is 0 Å². The molecule has 0 aromatic rings. The lowest BCUT2D eigenvalue weighted by molar-refractivity contribution is -0.124. The molecule has 0 aromatic carbocycles. The average Bonchev–Trinajstić information content (AvgIpc) is 2.80. The quantitative estimate of drug-likeness (QED) is 0.757. The predicted octanol–water partition coefficient (Wildman–Crippen LogP) is 0.860. The minimum absolute atomic E-state index is 0.231. The van der Waals surface area contributed by atoms with Crippen LogP contribution in [0.1, 0.15) is 44.9 Å². The van der Waals surface area contributed by atoms with Gasteiger partial charge in [-0.3, -0.25) is 4.79 Å². The summed E-state index contributed by atoms with van der Waals surface area (Å²) in [6.07, 6.45) is 7.72. The smallest absolute Gasteiger partial charge is 0.237 e. The number of carbonyl (C=O) groups excluding carboxylic acids is 1. The van der Waals surface area contributed by atoms with Crippen molar-refractivity contribution in [2.75, 3.05) is 26.7 Å². The third-order valence-corrected chi connectivity index (χ3v) is 4.98. The molecule has 1 heterocycles. The molecule has 5 nitrogen and oxygen atoms in total. The molecule has 1 aliphatic carbocycles. The second-order valence-electron chi connectivity index (χ2n) is 6.53. The van der Waals surface area contributed by atoms with Gasteiger partial charge in [-0.15, -0.1) is 0 Å². The molecule has 2 aliphatic rings. The van der Waals surface area contributed by atoms with Gasteiger partial charge in [0.25, 0.3) is 0 Å². The van der Waals surface area contributed by atoms with Crippen molar-refractivity contribution >= 4 is 5.91 Å². The Hall–Kier alpha value is -0.650. The fourth-order valence-electron chi connectivity index (χ4n) is 3.60. The second kappa shape index (κ2) is 6.87. The van der Waals surface area contributed by atoms with Gasteiger partial charge in [0, 0.05) is 13.2 Å². The third-order valence-electron chi connectivity index (χ3n) is 4.98. The summed E-state index contributed by atoms with van der Waals surface area (Å²) in [4.78, 5) is 13.9. The van der Waals surface area contributed by atoms with E-state index >= 15 is 0 Å². The number of carbonyl (C=O) groups is 1. The number of likely N-dealkylation sites (N-methyl/N-ethyl adjacent to an activating group) is 1. The SMILES string of the molecule is CN(CCC1CCCC1(N)C(N)=O)CC1CCCCO1. The number of hydrogen-bond donors (Lipinski definition) is 2. The minimum atomic E-state index is -0.776. The highest BCUT2D eigenvalue weighted by Crippen LogP contribution is 2.35. The molecule has 5 heteroatoms. The van der Waals surface area contributed by atoms with E-state index in [-0.39, 0.29) is 11.8 Å². The van der Waals surface area contributed by atoms with E-state index in [0.717, 1.165) is 51.8 Å². The Morgan fingerprint density at radius 3 is 2.80 bits per heavy atom. The van der Waals surface area contributed by atoms with E-state index in [1.165, 1.54) is 12.8 Å². The first-order valence-electron chi connectivity index (χ1n) is 7.91. The van der Waals surface area contributed by atoms with E-state index in [0.29, 0.717) is 6.10 Å². The van der Waals surface area contributed by atoms with Gasteiger partial charge in [-0.2, -0.15) is 0 Å². The van der Waals surface area contributed by atoms with Crippen molar-refractivity contribution in [3.05, 3.63) is 0 Å². The van der Waals surface area contributed by atoms with Crippen LogP contribution in [-0.2, 0) is 9.53 Å². The summed E-state index contributed by atoms with van der Waals surface area (Å²) in [6.45, 7) is 2.83. The molecule has 20 heavy (non-hydrogen) atoms. The molecular formula is C15H29N3O2. The van der Waals surface area contributed by atoms with Crippen molar-refractivity contribution in [2.24, 2.45) is 17.4 Å². The largest absolute Gasteiger partial charge is 0.377 e. The molecule has 1 saturated heterocycles. The number of nitrogens with two attached hydrogens (primary N) is 2. The van der Waals surface area contributed by atoms with Gasteiger partial charge in [-0.05, 0) is 58.0 Å². The standard InChI is InChI=1S/C15H29N3O2/c1-18(11-13-6-2-3-10-20-13)9-7-12-5-4-8-15(12,17)14(16)19/h12-13H,2-11,17H2,1H3,(H2,16,19). The molecule has 3 unspecified atom stereocenters. The number of ether oxygens (including phenoxy) is 1. The van der Waals surface area contributed by atoms with Crippen molar-refractivity contribution in [1.82, 2.24) is 4.90 Å². The van der Waals surface area contributed by atoms with Crippen LogP contribution in [0.5, 0.6) is 0 Å². The lowest BCUT2D eigenvalue weighted by Gasteiger charge is -2.31. The molecule has 3 atom stereocenters. The van der Waals surface area contributed by atoms with Crippen molar-refractivity contribution < 1.29 is 9.53 Å². The predicted molar refractivity (Wildman–Crippen MR) is 79.2 cm³/mol. The lowest BCUT2D eigenvalue weighted by atomic mass is 9.85. The van der Waals surface area contributed by atoms with Crippen LogP contribution in [0.3, 0.4) is 0 Å². The summed E-state index contributed by atoms with van der Waals surface area (Å²) in [7, 11) is 2.12. The van der Waals surface area contributed by atoms with Gasteiger partial charge in [-0.1, -0.05) is 6.42 Å². The Balaban J connectivity index is 1.75. The highest BCUT2D eigenvalue weighted by atomic mass is 16.5. The highest BCUT2D eigenvalue weighted by Gasteiger charge is 2.43. The number of primary amides is 1. The maximum Gasteiger partial charge on any atom is 0.237 e. The lowest BCUT2D eigenvalue weighted by Crippen LogP contribution is -2.55. The average molecular weight is 283 g/mol. The monoisotopic (exact) mass is 283 g/mol. The third kappa shape index (κ3) is 3.71. The van der Waals surface area contributed by atoms with E-state index < -0.39 is 5.54 Å². The summed E-state index contributed by atoms with van der Waals surface area (Å²) >= 11 is 0. The molecule has 116 valence electrons. The van der Waals surface area contributed by atoms with Crippen molar-refractivity contribution in [3.8, 4) is 0 Å². The zero-order valence-electron chi connectivity index (χ0n) is 12.6. The Labute approximate surface area is 122 Å². The normalized spacial score (nSPS) is 34.5. The van der Waals surface area contributed by atoms with E-state index in [1.54, 1.807) is 0 Å². The van der Waals surface area contributed by atoms with Gasteiger partial charge >= 0.3 is 0 Å². The van der Waals surface area contributed by atoms with Gasteiger partial charge in [0.2, 0.25) is 5.91 Å². The van der Waals surface area contributed by atoms with E-state index in [4.69, 9.17) is 16.2 Å². The molecule has 0 bridgehead atoms. The Bertz CT molecular complexity index is 331. The van der Waals surface area contributed by atoms with Crippen LogP contribution < -0.4 is 11.5 Å². The highest BCUT2D eigenvalue weighted by molar-refractivity contribution is 5.85. The van der Waals surface area contributed by atoms with Gasteiger partial charge in [0.15, 0.2) is 0 Å². The molecule has 1 saturated carbocycles. The molecule has 2 rings (SSSR count). The van der Waals surface area contributed by atoms with Gasteiger partial charge in [0.05, 0.1) is 11.6 Å². The zero-order chi connectivity index (χ0) is 14.6. The van der Waals surface area contributed by atoms with Crippen LogP contribution in [0.2, 0.25) is 0 Å². The maximum absolute atomic E-state index is 11.6. The van der Waals surface area contributed by atoms with Crippen LogP contribution in [0, 0.1) is 5.92 Å². The molecule has 4 N–H and O–H groups in total. The maximum atomic E-state index is 11.6. The fourth-order valence-corrected chi connectivity index (χ4v) is 3.60. The first kappa shape index (κ1) is 15.7. The fraction of sp³-hybridized carbons (Fsp3) is 0.933. The number of amides is 1. The van der Waals surface area contributed by atoms with Crippen LogP contribution in [0.15, 0.2) is 0 Å². The van der Waals surface area contributed by atoms with Crippen molar-refractivity contribution in [2.45, 2.75) is 56.6 Å². The van der Waals surface area contributed by atoms with E-state index in [1.807, 2.05) is 0 Å². The zero-order valence-corrected chi connectivity index (χ0v) is 12.6. The van der Waals surface area contributed by atoms with Gasteiger partial charge < -0.3 is 21.1 Å². The van der Waals surface area contributed by atoms with E-state index in [9.17, 15) is 4.79 Å². The molecule has 0 aromatic heterocycles. The molecule has 0 radical (unpaired) electrons. The molecule has 2 fully saturated rings. The van der Waals surface area contributed by atoms with E-state index in [2.05, 4.69) is 11.9 Å². The molecule has 1 aliphatic heterocycles. The van der Waals surface area contributed by atoms with Crippen LogP contribution in [0.4, 0.5) is 0 Å². The van der Waals surface area contributed by atoms with Gasteiger partial charge in [0.1, 0.15) is 0 Å². The number of hydrogen-bond acceptors (Lipinski definition) is 4. The number of nitrogens with zero attached hydrogens (tertiary/aromatic N) is 1. The molecular weight excluding hydrogens is 254 g/mol. The molecule has 1 amide bonds. The summed E-state index contributed by atoms with van der Waals surface area (Å²) in [5.74, 6) is -0.104. The second-order valence-corrected chi connectivity index (χ2v) is 6.53. The Morgan fingerprint density at radius 2 is 2.15 bits per heavy atom. The van der Waals surface area contributed by atoms with Crippen LogP contribution in [-0.4, -0.2) is 49.2 Å². The van der Waals surface area contributed by atoms with Gasteiger partial charge in [-0.25, -0.2) is 0 Å². The summed E-state index contributed by atoms with van der Waals surface area (Å²) in [5.41, 5.74) is 10.9. The van der Waals surface area contributed by atoms with Crippen LogP contribution in [0.25, 0.3) is 0 Å². The summed E-state index contributed by atoms with van der Waals surface area (Å²) < 4.78 is 5.76. The topological polar surface area (TPSA) is 81.6 Å². The summed E-state index contributed by atoms with van der Waals surface area (Å²) in [5, 5.41) is 0. The minimum Gasteiger partial charge on any atom is -0.377 e. The first-order chi connectivity index (χ1) is 9.52. The summed E-state index contributed by atoms with van der Waals surface area (Å²) in [6, 6.07) is 0. The number of rotatable bonds is 6. The van der Waals surface area contributed by atoms with Crippen LogP contribution >= 0.6 is 0 Å². The van der Waals surface area contributed by atoms with Crippen molar-refractivity contribution in [1.29, 1.82) is 0 Å². The first-order valence-corrected chi connectivity index (χ1v) is 7.91. The Kier molecular flexibility index (Phi) is 5.41. The molecule has 0 spiro atoms. The Morgan fingerprint density at radius 1 is 1.35 bits per heavy atom.